The minimum Gasteiger partial charge on any atom is -0.443 e. The van der Waals surface area contributed by atoms with Crippen molar-refractivity contribution in [3.05, 3.63) is 42.3 Å². The van der Waals surface area contributed by atoms with Gasteiger partial charge in [-0.05, 0) is 32.3 Å². The fourth-order valence-corrected chi connectivity index (χ4v) is 3.29. The van der Waals surface area contributed by atoms with Gasteiger partial charge in [0.2, 0.25) is 5.71 Å². The van der Waals surface area contributed by atoms with Gasteiger partial charge in [-0.25, -0.2) is 0 Å². The summed E-state index contributed by atoms with van der Waals surface area (Å²) in [6.45, 7) is 6.11. The molecule has 0 saturated carbocycles. The maximum atomic E-state index is 6.23. The molecule has 1 aliphatic rings. The third kappa shape index (κ3) is 2.41. The number of aryl methyl sites for hydroxylation is 1. The SMILES string of the molecule is Cc1ccccc1-c1coc2c(N3CCC(C)(N)CC3)cnn12. The van der Waals surface area contributed by atoms with Crippen LogP contribution in [0.25, 0.3) is 17.0 Å². The lowest BCUT2D eigenvalue weighted by Crippen LogP contribution is -2.48. The molecule has 0 aliphatic carbocycles. The Morgan fingerprint density at radius 3 is 2.70 bits per heavy atom. The van der Waals surface area contributed by atoms with Crippen LogP contribution >= 0.6 is 0 Å². The molecule has 3 aromatic rings. The molecule has 4 rings (SSSR count). The van der Waals surface area contributed by atoms with E-state index in [0.717, 1.165) is 48.6 Å². The quantitative estimate of drug-likeness (QED) is 0.789. The Labute approximate surface area is 135 Å². The number of hydrogen-bond donors (Lipinski definition) is 1. The fourth-order valence-electron chi connectivity index (χ4n) is 3.29. The first-order valence-corrected chi connectivity index (χ1v) is 8.10. The molecule has 1 saturated heterocycles. The first kappa shape index (κ1) is 14.3. The molecule has 1 aromatic carbocycles. The number of fused-ring (bicyclic) bond motifs is 1. The van der Waals surface area contributed by atoms with Gasteiger partial charge < -0.3 is 15.1 Å². The van der Waals surface area contributed by atoms with Crippen molar-refractivity contribution in [2.24, 2.45) is 5.73 Å². The Hall–Kier alpha value is -2.27. The van der Waals surface area contributed by atoms with Crippen LogP contribution in [0.2, 0.25) is 0 Å². The molecular weight excluding hydrogens is 288 g/mol. The molecule has 0 radical (unpaired) electrons. The van der Waals surface area contributed by atoms with E-state index in [1.165, 1.54) is 5.56 Å². The lowest BCUT2D eigenvalue weighted by Gasteiger charge is -2.37. The van der Waals surface area contributed by atoms with Crippen LogP contribution in [0.15, 0.2) is 41.1 Å². The van der Waals surface area contributed by atoms with Crippen molar-refractivity contribution in [3.63, 3.8) is 0 Å². The summed E-state index contributed by atoms with van der Waals surface area (Å²) in [5.41, 5.74) is 11.4. The van der Waals surface area contributed by atoms with Gasteiger partial charge in [-0.3, -0.25) is 0 Å². The third-order valence-corrected chi connectivity index (χ3v) is 4.88. The summed E-state index contributed by atoms with van der Waals surface area (Å²) in [4.78, 5) is 2.32. The number of aromatic nitrogens is 2. The summed E-state index contributed by atoms with van der Waals surface area (Å²) >= 11 is 0. The van der Waals surface area contributed by atoms with Gasteiger partial charge in [-0.15, -0.1) is 0 Å². The lowest BCUT2D eigenvalue weighted by atomic mass is 9.91. The second kappa shape index (κ2) is 5.13. The molecule has 23 heavy (non-hydrogen) atoms. The minimum atomic E-state index is -0.0573. The lowest BCUT2D eigenvalue weighted by molar-refractivity contribution is 0.364. The van der Waals surface area contributed by atoms with Crippen molar-refractivity contribution in [3.8, 4) is 11.3 Å². The number of nitrogens with zero attached hydrogens (tertiary/aromatic N) is 3. The summed E-state index contributed by atoms with van der Waals surface area (Å²) < 4.78 is 7.76. The van der Waals surface area contributed by atoms with Crippen molar-refractivity contribution in [1.82, 2.24) is 9.61 Å². The van der Waals surface area contributed by atoms with Crippen LogP contribution in [0.5, 0.6) is 0 Å². The smallest absolute Gasteiger partial charge is 0.246 e. The van der Waals surface area contributed by atoms with E-state index < -0.39 is 0 Å². The number of rotatable bonds is 2. The monoisotopic (exact) mass is 310 g/mol. The van der Waals surface area contributed by atoms with Crippen molar-refractivity contribution in [2.75, 3.05) is 18.0 Å². The van der Waals surface area contributed by atoms with Gasteiger partial charge in [-0.1, -0.05) is 24.3 Å². The predicted molar refractivity (Wildman–Crippen MR) is 91.7 cm³/mol. The molecule has 5 heteroatoms. The Kier molecular flexibility index (Phi) is 3.20. The van der Waals surface area contributed by atoms with Crippen LogP contribution < -0.4 is 10.6 Å². The maximum Gasteiger partial charge on any atom is 0.246 e. The van der Waals surface area contributed by atoms with Gasteiger partial charge in [-0.2, -0.15) is 9.61 Å². The van der Waals surface area contributed by atoms with Crippen molar-refractivity contribution in [2.45, 2.75) is 32.2 Å². The van der Waals surface area contributed by atoms with Crippen molar-refractivity contribution < 1.29 is 4.42 Å². The van der Waals surface area contributed by atoms with Gasteiger partial charge in [0, 0.05) is 24.2 Å². The van der Waals surface area contributed by atoms with Crippen LogP contribution in [-0.2, 0) is 0 Å². The first-order chi connectivity index (χ1) is 11.1. The number of anilines is 1. The summed E-state index contributed by atoms with van der Waals surface area (Å²) in [5, 5.41) is 4.56. The Morgan fingerprint density at radius 2 is 1.96 bits per heavy atom. The van der Waals surface area contributed by atoms with E-state index in [2.05, 4.69) is 36.0 Å². The normalized spacial score (nSPS) is 17.8. The summed E-state index contributed by atoms with van der Waals surface area (Å²) in [6.07, 6.45) is 5.66. The molecule has 0 spiro atoms. The molecule has 1 fully saturated rings. The fraction of sp³-hybridized carbons (Fsp3) is 0.389. The molecule has 0 unspecified atom stereocenters. The van der Waals surface area contributed by atoms with E-state index >= 15 is 0 Å². The molecule has 2 aromatic heterocycles. The molecule has 3 heterocycles. The van der Waals surface area contributed by atoms with Crippen LogP contribution in [-0.4, -0.2) is 28.2 Å². The van der Waals surface area contributed by atoms with Crippen molar-refractivity contribution in [1.29, 1.82) is 0 Å². The zero-order valence-corrected chi connectivity index (χ0v) is 13.6. The average Bonchev–Trinajstić information content (AvgIpc) is 3.10. The average molecular weight is 310 g/mol. The molecule has 1 aliphatic heterocycles. The second-order valence-electron chi connectivity index (χ2n) is 6.82. The number of nitrogens with two attached hydrogens (primary N) is 1. The van der Waals surface area contributed by atoms with E-state index in [4.69, 9.17) is 10.2 Å². The highest BCUT2D eigenvalue weighted by Crippen LogP contribution is 2.32. The Balaban J connectivity index is 1.71. The predicted octanol–water partition coefficient (Wildman–Crippen LogP) is 3.22. The van der Waals surface area contributed by atoms with Crippen LogP contribution in [0.4, 0.5) is 5.69 Å². The van der Waals surface area contributed by atoms with Crippen LogP contribution in [0, 0.1) is 6.92 Å². The molecule has 5 nitrogen and oxygen atoms in total. The Morgan fingerprint density at radius 1 is 1.22 bits per heavy atom. The van der Waals surface area contributed by atoms with E-state index in [-0.39, 0.29) is 5.54 Å². The van der Waals surface area contributed by atoms with Crippen LogP contribution in [0.1, 0.15) is 25.3 Å². The molecule has 0 atom stereocenters. The molecule has 0 bridgehead atoms. The number of oxazole rings is 1. The molecule has 2 N–H and O–H groups in total. The van der Waals surface area contributed by atoms with E-state index in [9.17, 15) is 0 Å². The highest BCUT2D eigenvalue weighted by Gasteiger charge is 2.28. The molecule has 0 amide bonds. The summed E-state index contributed by atoms with van der Waals surface area (Å²) in [5.74, 6) is 0. The molecule has 120 valence electrons. The molecular formula is C18H22N4O. The number of piperidine rings is 1. The topological polar surface area (TPSA) is 59.7 Å². The summed E-state index contributed by atoms with van der Waals surface area (Å²) in [6, 6.07) is 8.29. The van der Waals surface area contributed by atoms with Gasteiger partial charge >= 0.3 is 0 Å². The maximum absolute atomic E-state index is 6.23. The van der Waals surface area contributed by atoms with Crippen molar-refractivity contribution >= 4 is 11.4 Å². The minimum absolute atomic E-state index is 0.0573. The summed E-state index contributed by atoms with van der Waals surface area (Å²) in [7, 11) is 0. The third-order valence-electron chi connectivity index (χ3n) is 4.88. The van der Waals surface area contributed by atoms with Gasteiger partial charge in [0.25, 0.3) is 0 Å². The highest BCUT2D eigenvalue weighted by atomic mass is 16.3. The largest absolute Gasteiger partial charge is 0.443 e. The van der Waals surface area contributed by atoms with E-state index in [1.807, 2.05) is 22.8 Å². The Bertz CT molecular complexity index is 836. The second-order valence-corrected chi connectivity index (χ2v) is 6.82. The highest BCUT2D eigenvalue weighted by molar-refractivity contribution is 5.72. The number of hydrogen-bond acceptors (Lipinski definition) is 4. The number of benzene rings is 1. The first-order valence-electron chi connectivity index (χ1n) is 8.10. The zero-order chi connectivity index (χ0) is 16.0. The van der Waals surface area contributed by atoms with Gasteiger partial charge in [0.1, 0.15) is 17.6 Å². The van der Waals surface area contributed by atoms with Gasteiger partial charge in [0.05, 0.1) is 6.20 Å². The van der Waals surface area contributed by atoms with E-state index in [0.29, 0.717) is 0 Å². The zero-order valence-electron chi connectivity index (χ0n) is 13.6. The standard InChI is InChI=1S/C18H22N4O/c1-13-5-3-4-6-14(13)16-12-23-17-15(11-20-22(16)17)21-9-7-18(2,19)8-10-21/h3-6,11-12H,7-10,19H2,1-2H3. The van der Waals surface area contributed by atoms with E-state index in [1.54, 1.807) is 6.26 Å². The van der Waals surface area contributed by atoms with Gasteiger partial charge in [0.15, 0.2) is 0 Å². The van der Waals surface area contributed by atoms with Crippen LogP contribution in [0.3, 0.4) is 0 Å².